The van der Waals surface area contributed by atoms with Crippen LogP contribution in [0.1, 0.15) is 16.1 Å². The summed E-state index contributed by atoms with van der Waals surface area (Å²) in [5, 5.41) is 0. The molecule has 1 amide bonds. The van der Waals surface area contributed by atoms with Crippen LogP contribution in [0, 0.1) is 6.92 Å². The quantitative estimate of drug-likeness (QED) is 0.802. The van der Waals surface area contributed by atoms with Crippen molar-refractivity contribution in [2.24, 2.45) is 0 Å². The molecule has 0 aliphatic carbocycles. The third-order valence-electron chi connectivity index (χ3n) is 5.34. The maximum absolute atomic E-state index is 13.3. The number of fused-ring (bicyclic) bond motifs is 1. The summed E-state index contributed by atoms with van der Waals surface area (Å²) < 4.78 is 30.1. The van der Waals surface area contributed by atoms with Crippen LogP contribution >= 0.6 is 0 Å². The predicted octanol–water partition coefficient (Wildman–Crippen LogP) is 1.81. The van der Waals surface area contributed by atoms with Crippen LogP contribution in [0.5, 0.6) is 0 Å². The molecule has 0 saturated carbocycles. The molecule has 0 radical (unpaired) electrons. The molecule has 2 aromatic rings. The third-order valence-corrected chi connectivity index (χ3v) is 7.03. The number of nitrogens with zero attached hydrogens (tertiary/aromatic N) is 2. The summed E-state index contributed by atoms with van der Waals surface area (Å²) in [6.45, 7) is 3.00. The molecule has 1 aromatic heterocycles. The highest BCUT2D eigenvalue weighted by Crippen LogP contribution is 2.32. The van der Waals surface area contributed by atoms with Gasteiger partial charge in [0.05, 0.1) is 23.1 Å². The molecule has 0 spiro atoms. The van der Waals surface area contributed by atoms with E-state index in [1.165, 1.54) is 0 Å². The Morgan fingerprint density at radius 3 is 2.54 bits per heavy atom. The standard InChI is InChI=1S/C19H22N2O4S/c1-13-10-15(18(25-13)14-6-4-3-5-7-14)19(22)21-9-8-20(2)16-11-26(23,24)12-17(16)21/h3-7,10,16-17H,8-9,11-12H2,1-2H3. The van der Waals surface area contributed by atoms with Gasteiger partial charge in [0.15, 0.2) is 9.84 Å². The van der Waals surface area contributed by atoms with E-state index in [0.717, 1.165) is 5.56 Å². The van der Waals surface area contributed by atoms with Gasteiger partial charge in [-0.25, -0.2) is 8.42 Å². The van der Waals surface area contributed by atoms with Crippen LogP contribution in [0.3, 0.4) is 0 Å². The summed E-state index contributed by atoms with van der Waals surface area (Å²) in [6, 6.07) is 10.8. The van der Waals surface area contributed by atoms with Gasteiger partial charge in [-0.15, -0.1) is 0 Å². The number of furan rings is 1. The van der Waals surface area contributed by atoms with Gasteiger partial charge in [0, 0.05) is 24.7 Å². The Labute approximate surface area is 153 Å². The van der Waals surface area contributed by atoms with Crippen molar-refractivity contribution in [3.8, 4) is 11.3 Å². The minimum absolute atomic E-state index is 0.0330. The van der Waals surface area contributed by atoms with Crippen LogP contribution in [0.25, 0.3) is 11.3 Å². The van der Waals surface area contributed by atoms with Gasteiger partial charge in [-0.05, 0) is 20.0 Å². The van der Waals surface area contributed by atoms with Gasteiger partial charge in [-0.1, -0.05) is 30.3 Å². The number of sulfone groups is 1. The maximum Gasteiger partial charge on any atom is 0.258 e. The summed E-state index contributed by atoms with van der Waals surface area (Å²) >= 11 is 0. The lowest BCUT2D eigenvalue weighted by molar-refractivity contribution is 0.0410. The van der Waals surface area contributed by atoms with Gasteiger partial charge >= 0.3 is 0 Å². The molecule has 2 atom stereocenters. The van der Waals surface area contributed by atoms with Gasteiger partial charge < -0.3 is 9.32 Å². The molecule has 2 fully saturated rings. The van der Waals surface area contributed by atoms with Crippen molar-refractivity contribution in [1.82, 2.24) is 9.80 Å². The lowest BCUT2D eigenvalue weighted by Crippen LogP contribution is -2.59. The van der Waals surface area contributed by atoms with Crippen molar-refractivity contribution in [2.75, 3.05) is 31.6 Å². The van der Waals surface area contributed by atoms with Crippen LogP contribution < -0.4 is 0 Å². The van der Waals surface area contributed by atoms with Crippen LogP contribution in [-0.2, 0) is 9.84 Å². The molecule has 0 N–H and O–H groups in total. The van der Waals surface area contributed by atoms with Crippen molar-refractivity contribution in [1.29, 1.82) is 0 Å². The van der Waals surface area contributed by atoms with Crippen LogP contribution in [-0.4, -0.2) is 67.9 Å². The average Bonchev–Trinajstić information content (AvgIpc) is 3.15. The Bertz CT molecular complexity index is 936. The highest BCUT2D eigenvalue weighted by Gasteiger charge is 2.47. The fraction of sp³-hybridized carbons (Fsp3) is 0.421. The molecular formula is C19H22N2O4S. The largest absolute Gasteiger partial charge is 0.461 e. The number of carbonyl (C=O) groups excluding carboxylic acids is 1. The predicted molar refractivity (Wildman–Crippen MR) is 98.8 cm³/mol. The number of likely N-dealkylation sites (N-methyl/N-ethyl adjacent to an activating group) is 1. The second-order valence-electron chi connectivity index (χ2n) is 7.16. The average molecular weight is 374 g/mol. The topological polar surface area (TPSA) is 70.8 Å². The Morgan fingerprint density at radius 1 is 1.12 bits per heavy atom. The van der Waals surface area contributed by atoms with E-state index < -0.39 is 9.84 Å². The number of amides is 1. The molecule has 2 aliphatic rings. The number of benzene rings is 1. The maximum atomic E-state index is 13.3. The van der Waals surface area contributed by atoms with E-state index >= 15 is 0 Å². The van der Waals surface area contributed by atoms with Crippen LogP contribution in [0.15, 0.2) is 40.8 Å². The zero-order valence-corrected chi connectivity index (χ0v) is 15.7. The fourth-order valence-corrected chi connectivity index (χ4v) is 6.07. The smallest absolute Gasteiger partial charge is 0.258 e. The molecule has 4 rings (SSSR count). The van der Waals surface area contributed by atoms with Crippen molar-refractivity contribution < 1.29 is 17.6 Å². The van der Waals surface area contributed by atoms with E-state index in [1.54, 1.807) is 11.0 Å². The van der Waals surface area contributed by atoms with Crippen LogP contribution in [0.2, 0.25) is 0 Å². The number of hydrogen-bond acceptors (Lipinski definition) is 5. The summed E-state index contributed by atoms with van der Waals surface area (Å²) in [5.74, 6) is 1.21. The van der Waals surface area contributed by atoms with Crippen molar-refractivity contribution in [3.05, 3.63) is 47.7 Å². The Morgan fingerprint density at radius 2 is 1.81 bits per heavy atom. The summed E-state index contributed by atoms with van der Waals surface area (Å²) in [6.07, 6.45) is 0. The molecule has 26 heavy (non-hydrogen) atoms. The minimum Gasteiger partial charge on any atom is -0.461 e. The van der Waals surface area contributed by atoms with E-state index in [-0.39, 0.29) is 29.5 Å². The number of hydrogen-bond donors (Lipinski definition) is 0. The number of carbonyl (C=O) groups is 1. The Kier molecular flexibility index (Phi) is 4.16. The molecular weight excluding hydrogens is 352 g/mol. The highest BCUT2D eigenvalue weighted by atomic mass is 32.2. The van der Waals surface area contributed by atoms with Gasteiger partial charge in [0.2, 0.25) is 0 Å². The lowest BCUT2D eigenvalue weighted by atomic mass is 10.0. The number of rotatable bonds is 2. The normalized spacial score (nSPS) is 25.2. The first-order valence-electron chi connectivity index (χ1n) is 8.73. The summed E-state index contributed by atoms with van der Waals surface area (Å²) in [7, 11) is -1.20. The molecule has 138 valence electrons. The van der Waals surface area contributed by atoms with E-state index in [2.05, 4.69) is 4.90 Å². The molecule has 6 nitrogen and oxygen atoms in total. The van der Waals surface area contributed by atoms with Crippen molar-refractivity contribution >= 4 is 15.7 Å². The molecule has 2 unspecified atom stereocenters. The lowest BCUT2D eigenvalue weighted by Gasteiger charge is -2.42. The highest BCUT2D eigenvalue weighted by molar-refractivity contribution is 7.91. The van der Waals surface area contributed by atoms with Crippen molar-refractivity contribution in [2.45, 2.75) is 19.0 Å². The van der Waals surface area contributed by atoms with Gasteiger partial charge in [0.25, 0.3) is 5.91 Å². The zero-order valence-electron chi connectivity index (χ0n) is 14.9. The number of piperazine rings is 1. The first kappa shape index (κ1) is 17.3. The van der Waals surface area contributed by atoms with Gasteiger partial charge in [-0.2, -0.15) is 0 Å². The third kappa shape index (κ3) is 2.95. The Balaban J connectivity index is 1.71. The Hall–Kier alpha value is -2.12. The second kappa shape index (κ2) is 6.25. The first-order chi connectivity index (χ1) is 12.4. The first-order valence-corrected chi connectivity index (χ1v) is 10.6. The van der Waals surface area contributed by atoms with E-state index in [9.17, 15) is 13.2 Å². The van der Waals surface area contributed by atoms with Gasteiger partial charge in [0.1, 0.15) is 11.5 Å². The molecule has 1 aromatic carbocycles. The summed E-state index contributed by atoms with van der Waals surface area (Å²) in [5.41, 5.74) is 1.34. The minimum atomic E-state index is -3.13. The zero-order chi connectivity index (χ0) is 18.5. The van der Waals surface area contributed by atoms with E-state index in [1.807, 2.05) is 44.3 Å². The van der Waals surface area contributed by atoms with Crippen LogP contribution in [0.4, 0.5) is 0 Å². The van der Waals surface area contributed by atoms with E-state index in [0.29, 0.717) is 30.2 Å². The molecule has 0 bridgehead atoms. The molecule has 2 saturated heterocycles. The molecule has 2 aliphatic heterocycles. The fourth-order valence-electron chi connectivity index (χ4n) is 4.01. The monoisotopic (exact) mass is 374 g/mol. The molecule has 7 heteroatoms. The number of aryl methyl sites for hydroxylation is 1. The van der Waals surface area contributed by atoms with E-state index in [4.69, 9.17) is 4.42 Å². The molecule has 3 heterocycles. The van der Waals surface area contributed by atoms with Gasteiger partial charge in [-0.3, -0.25) is 9.69 Å². The summed E-state index contributed by atoms with van der Waals surface area (Å²) in [4.78, 5) is 17.1. The SMILES string of the molecule is Cc1cc(C(=O)N2CCN(C)C3CS(=O)(=O)CC32)c(-c2ccccc2)o1. The van der Waals surface area contributed by atoms with Crippen molar-refractivity contribution in [3.63, 3.8) is 0 Å². The second-order valence-corrected chi connectivity index (χ2v) is 9.31.